The van der Waals surface area contributed by atoms with E-state index in [4.69, 9.17) is 13.9 Å². The number of ether oxygens (including phenoxy) is 2. The van der Waals surface area contributed by atoms with Crippen LogP contribution in [-0.4, -0.2) is 49.7 Å². The Bertz CT molecular complexity index is 190. The summed E-state index contributed by atoms with van der Waals surface area (Å²) in [5, 5.41) is 0. The summed E-state index contributed by atoms with van der Waals surface area (Å²) in [5.74, 6) is -0.694. The van der Waals surface area contributed by atoms with Crippen LogP contribution in [0.4, 0.5) is 0 Å². The van der Waals surface area contributed by atoms with Crippen LogP contribution in [0, 0.1) is 0 Å². The maximum atomic E-state index is 9.82. The van der Waals surface area contributed by atoms with E-state index in [0.717, 1.165) is 0 Å². The quantitative estimate of drug-likeness (QED) is 0.180. The summed E-state index contributed by atoms with van der Waals surface area (Å²) in [7, 11) is 3.80. The Hall–Kier alpha value is -0.523. The van der Waals surface area contributed by atoms with Crippen molar-refractivity contribution in [3.8, 4) is 0 Å². The molecule has 0 aliphatic rings. The standard InChI is InChI=1S/C8H17NO4Si/c1-11-8(12-2,6-13-14)4-3-5-9-7-10/h3-6H2,1-2,14H3. The summed E-state index contributed by atoms with van der Waals surface area (Å²) in [4.78, 5) is 13.3. The molecule has 0 bridgehead atoms. The molecule has 0 N–H and O–H groups in total. The fourth-order valence-corrected chi connectivity index (χ4v) is 1.61. The van der Waals surface area contributed by atoms with E-state index in [-0.39, 0.29) is 0 Å². The second-order valence-corrected chi connectivity index (χ2v) is 3.41. The van der Waals surface area contributed by atoms with Crippen LogP contribution in [-0.2, 0) is 18.7 Å². The van der Waals surface area contributed by atoms with Gasteiger partial charge in [0.1, 0.15) is 10.5 Å². The van der Waals surface area contributed by atoms with Gasteiger partial charge in [0.25, 0.3) is 0 Å². The van der Waals surface area contributed by atoms with Gasteiger partial charge in [-0.1, -0.05) is 0 Å². The third-order valence-electron chi connectivity index (χ3n) is 2.00. The van der Waals surface area contributed by atoms with Crippen LogP contribution in [0.5, 0.6) is 0 Å². The minimum absolute atomic E-state index is 0.414. The minimum atomic E-state index is -0.694. The molecule has 0 aliphatic heterocycles. The number of carbonyl (C=O) groups excluding carboxylic acids is 1. The van der Waals surface area contributed by atoms with Gasteiger partial charge in [-0.2, -0.15) is 0 Å². The number of isocyanates is 1. The van der Waals surface area contributed by atoms with Crippen molar-refractivity contribution in [2.45, 2.75) is 18.6 Å². The Morgan fingerprint density at radius 2 is 2.07 bits per heavy atom. The van der Waals surface area contributed by atoms with Crippen LogP contribution < -0.4 is 0 Å². The largest absolute Gasteiger partial charge is 0.422 e. The van der Waals surface area contributed by atoms with Crippen molar-refractivity contribution in [2.24, 2.45) is 4.99 Å². The zero-order valence-electron chi connectivity index (χ0n) is 8.91. The molecule has 0 amide bonds. The van der Waals surface area contributed by atoms with Gasteiger partial charge in [0, 0.05) is 20.6 Å². The summed E-state index contributed by atoms with van der Waals surface area (Å²) in [5.41, 5.74) is 0. The van der Waals surface area contributed by atoms with Gasteiger partial charge in [-0.3, -0.25) is 0 Å². The second kappa shape index (κ2) is 7.84. The predicted octanol–water partition coefficient (Wildman–Crippen LogP) is -0.612. The van der Waals surface area contributed by atoms with E-state index in [1.165, 1.54) is 6.08 Å². The molecule has 0 aromatic heterocycles. The molecule has 0 aromatic rings. The van der Waals surface area contributed by atoms with E-state index in [0.29, 0.717) is 36.5 Å². The van der Waals surface area contributed by atoms with Crippen LogP contribution in [0.25, 0.3) is 0 Å². The number of methoxy groups -OCH3 is 2. The molecule has 6 heteroatoms. The smallest absolute Gasteiger partial charge is 0.234 e. The van der Waals surface area contributed by atoms with Crippen molar-refractivity contribution in [2.75, 3.05) is 27.4 Å². The summed E-state index contributed by atoms with van der Waals surface area (Å²) in [6.07, 6.45) is 2.85. The van der Waals surface area contributed by atoms with Crippen LogP contribution in [0.2, 0.25) is 0 Å². The van der Waals surface area contributed by atoms with Gasteiger partial charge in [-0.05, 0) is 6.42 Å². The number of nitrogens with zero attached hydrogens (tertiary/aromatic N) is 1. The highest BCUT2D eigenvalue weighted by molar-refractivity contribution is 5.97. The molecule has 14 heavy (non-hydrogen) atoms. The monoisotopic (exact) mass is 219 g/mol. The van der Waals surface area contributed by atoms with E-state index < -0.39 is 5.79 Å². The molecular formula is C8H17NO4Si. The first-order valence-electron chi connectivity index (χ1n) is 4.37. The highest BCUT2D eigenvalue weighted by Crippen LogP contribution is 2.18. The third-order valence-corrected chi connectivity index (χ3v) is 2.29. The van der Waals surface area contributed by atoms with Gasteiger partial charge in [0.2, 0.25) is 6.08 Å². The lowest BCUT2D eigenvalue weighted by molar-refractivity contribution is -0.226. The Kier molecular flexibility index (Phi) is 7.55. The van der Waals surface area contributed by atoms with Crippen molar-refractivity contribution < 1.29 is 18.7 Å². The fraction of sp³-hybridized carbons (Fsp3) is 0.875. The second-order valence-electron chi connectivity index (χ2n) is 2.83. The van der Waals surface area contributed by atoms with E-state index in [2.05, 4.69) is 4.99 Å². The Labute approximate surface area is 87.0 Å². The van der Waals surface area contributed by atoms with Crippen LogP contribution in [0.1, 0.15) is 12.8 Å². The SMILES string of the molecule is COC(CCCN=C=O)(CO[SiH3])OC. The highest BCUT2D eigenvalue weighted by Gasteiger charge is 2.28. The first kappa shape index (κ1) is 13.5. The molecule has 0 aromatic carbocycles. The van der Waals surface area contributed by atoms with Crippen LogP contribution >= 0.6 is 0 Å². The molecule has 0 atom stereocenters. The molecule has 0 saturated carbocycles. The third kappa shape index (κ3) is 4.64. The Balaban J connectivity index is 3.99. The first-order valence-corrected chi connectivity index (χ1v) is 5.19. The average molecular weight is 219 g/mol. The zero-order valence-corrected chi connectivity index (χ0v) is 10.9. The van der Waals surface area contributed by atoms with Gasteiger partial charge < -0.3 is 13.9 Å². The molecule has 0 heterocycles. The normalized spacial score (nSPS) is 11.3. The molecule has 0 aliphatic carbocycles. The van der Waals surface area contributed by atoms with Crippen molar-refractivity contribution >= 4 is 16.6 Å². The van der Waals surface area contributed by atoms with Gasteiger partial charge in [-0.25, -0.2) is 9.79 Å². The fourth-order valence-electron chi connectivity index (χ4n) is 1.17. The maximum Gasteiger partial charge on any atom is 0.234 e. The van der Waals surface area contributed by atoms with E-state index in [1.807, 2.05) is 0 Å². The lowest BCUT2D eigenvalue weighted by atomic mass is 10.1. The van der Waals surface area contributed by atoms with Gasteiger partial charge in [0.05, 0.1) is 13.2 Å². The Morgan fingerprint density at radius 1 is 1.43 bits per heavy atom. The molecule has 0 unspecified atom stereocenters. The van der Waals surface area contributed by atoms with E-state index in [1.54, 1.807) is 14.2 Å². The molecule has 0 radical (unpaired) electrons. The Morgan fingerprint density at radius 3 is 2.50 bits per heavy atom. The lowest BCUT2D eigenvalue weighted by Gasteiger charge is -2.30. The molecule has 0 spiro atoms. The predicted molar refractivity (Wildman–Crippen MR) is 54.9 cm³/mol. The maximum absolute atomic E-state index is 9.82. The first-order chi connectivity index (χ1) is 6.74. The molecule has 0 rings (SSSR count). The summed E-state index contributed by atoms with van der Waals surface area (Å²) in [6, 6.07) is 0. The zero-order chi connectivity index (χ0) is 10.9. The number of hydrogen-bond acceptors (Lipinski definition) is 5. The minimum Gasteiger partial charge on any atom is -0.422 e. The molecular weight excluding hydrogens is 202 g/mol. The summed E-state index contributed by atoms with van der Waals surface area (Å²) >= 11 is 0. The summed E-state index contributed by atoms with van der Waals surface area (Å²) in [6.45, 7) is 0.857. The number of rotatable bonds is 8. The van der Waals surface area contributed by atoms with Crippen molar-refractivity contribution in [3.63, 3.8) is 0 Å². The average Bonchev–Trinajstić information content (AvgIpc) is 2.23. The van der Waals surface area contributed by atoms with Gasteiger partial charge in [0.15, 0.2) is 5.79 Å². The van der Waals surface area contributed by atoms with Crippen molar-refractivity contribution in [1.29, 1.82) is 0 Å². The molecule has 5 nitrogen and oxygen atoms in total. The lowest BCUT2D eigenvalue weighted by Crippen LogP contribution is -2.39. The van der Waals surface area contributed by atoms with Crippen molar-refractivity contribution in [1.82, 2.24) is 0 Å². The van der Waals surface area contributed by atoms with E-state index >= 15 is 0 Å². The van der Waals surface area contributed by atoms with Gasteiger partial charge in [-0.15, -0.1) is 0 Å². The molecule has 82 valence electrons. The van der Waals surface area contributed by atoms with E-state index in [9.17, 15) is 4.79 Å². The summed E-state index contributed by atoms with van der Waals surface area (Å²) < 4.78 is 15.6. The molecule has 0 saturated heterocycles. The number of aliphatic imine (C=N–C) groups is 1. The molecule has 0 fully saturated rings. The van der Waals surface area contributed by atoms with Gasteiger partial charge >= 0.3 is 0 Å². The van der Waals surface area contributed by atoms with Crippen LogP contribution in [0.15, 0.2) is 4.99 Å². The van der Waals surface area contributed by atoms with Crippen molar-refractivity contribution in [3.05, 3.63) is 0 Å². The van der Waals surface area contributed by atoms with Crippen LogP contribution in [0.3, 0.4) is 0 Å². The number of hydrogen-bond donors (Lipinski definition) is 0. The topological polar surface area (TPSA) is 57.1 Å². The highest BCUT2D eigenvalue weighted by atomic mass is 28.2.